The molecule has 0 bridgehead atoms. The molecule has 1 aliphatic rings. The third kappa shape index (κ3) is 3.94. The van der Waals surface area contributed by atoms with Gasteiger partial charge in [-0.05, 0) is 25.7 Å². The van der Waals surface area contributed by atoms with Crippen LogP contribution in [0.4, 0.5) is 0 Å². The van der Waals surface area contributed by atoms with Crippen molar-refractivity contribution in [2.45, 2.75) is 50.7 Å². The van der Waals surface area contributed by atoms with Crippen LogP contribution in [0.1, 0.15) is 39.5 Å². The van der Waals surface area contributed by atoms with Gasteiger partial charge in [0.15, 0.2) is 0 Å². The van der Waals surface area contributed by atoms with E-state index in [0.717, 1.165) is 12.8 Å². The monoisotopic (exact) mass is 244 g/mol. The van der Waals surface area contributed by atoms with Gasteiger partial charge in [0, 0.05) is 6.54 Å². The van der Waals surface area contributed by atoms with E-state index in [1.165, 1.54) is 6.92 Å². The molecule has 100 valence electrons. The van der Waals surface area contributed by atoms with Gasteiger partial charge in [0.25, 0.3) is 0 Å². The molecule has 1 rings (SSSR count). The van der Waals surface area contributed by atoms with Gasteiger partial charge in [0.05, 0.1) is 12.1 Å². The van der Waals surface area contributed by atoms with Gasteiger partial charge in [-0.15, -0.1) is 0 Å². The number of hydrogen-bond acceptors (Lipinski definition) is 4. The van der Waals surface area contributed by atoms with Crippen molar-refractivity contribution in [2.24, 2.45) is 11.7 Å². The highest BCUT2D eigenvalue weighted by atomic mass is 16.3. The molecule has 0 radical (unpaired) electrons. The van der Waals surface area contributed by atoms with Crippen LogP contribution >= 0.6 is 0 Å². The summed E-state index contributed by atoms with van der Waals surface area (Å²) in [6.45, 7) is 3.20. The van der Waals surface area contributed by atoms with Gasteiger partial charge >= 0.3 is 0 Å². The summed E-state index contributed by atoms with van der Waals surface area (Å²) in [4.78, 5) is 12.0. The molecule has 0 heterocycles. The third-order valence-electron chi connectivity index (χ3n) is 3.46. The zero-order valence-electron chi connectivity index (χ0n) is 10.7. The van der Waals surface area contributed by atoms with Crippen molar-refractivity contribution < 1.29 is 15.0 Å². The molecule has 3 atom stereocenters. The average molecular weight is 244 g/mol. The first-order valence-corrected chi connectivity index (χ1v) is 6.19. The summed E-state index contributed by atoms with van der Waals surface area (Å²) >= 11 is 0. The Morgan fingerprint density at radius 1 is 1.65 bits per heavy atom. The number of nitrogens with one attached hydrogen (secondary N) is 1. The highest BCUT2D eigenvalue weighted by Crippen LogP contribution is 2.30. The van der Waals surface area contributed by atoms with Crippen molar-refractivity contribution in [1.82, 2.24) is 5.32 Å². The predicted octanol–water partition coefficient (Wildman–Crippen LogP) is -0.246. The number of nitrogens with two attached hydrogens (primary N) is 1. The highest BCUT2D eigenvalue weighted by molar-refractivity contribution is 5.86. The Kier molecular flexibility index (Phi) is 4.52. The summed E-state index contributed by atoms with van der Waals surface area (Å²) in [5, 5.41) is 21.1. The van der Waals surface area contributed by atoms with E-state index in [0.29, 0.717) is 18.8 Å². The number of rotatable bonds is 4. The molecule has 5 nitrogen and oxygen atoms in total. The van der Waals surface area contributed by atoms with Crippen molar-refractivity contribution in [1.29, 1.82) is 0 Å². The van der Waals surface area contributed by atoms with E-state index in [2.05, 4.69) is 12.2 Å². The first-order chi connectivity index (χ1) is 7.79. The lowest BCUT2D eigenvalue weighted by Crippen LogP contribution is -2.58. The maximum Gasteiger partial charge on any atom is 0.240 e. The minimum absolute atomic E-state index is 0.0235. The summed E-state index contributed by atoms with van der Waals surface area (Å²) in [5.74, 6) is 0.232. The molecule has 1 aliphatic carbocycles. The minimum atomic E-state index is -1.29. The van der Waals surface area contributed by atoms with Crippen LogP contribution in [-0.2, 0) is 4.79 Å². The Morgan fingerprint density at radius 3 is 2.82 bits per heavy atom. The molecule has 17 heavy (non-hydrogen) atoms. The van der Waals surface area contributed by atoms with Crippen LogP contribution in [0.5, 0.6) is 0 Å². The third-order valence-corrected chi connectivity index (χ3v) is 3.46. The Labute approximate surface area is 102 Å². The van der Waals surface area contributed by atoms with E-state index in [9.17, 15) is 9.90 Å². The smallest absolute Gasteiger partial charge is 0.240 e. The predicted molar refractivity (Wildman–Crippen MR) is 65.3 cm³/mol. The lowest BCUT2D eigenvalue weighted by molar-refractivity contribution is -0.129. The molecular weight excluding hydrogens is 220 g/mol. The zero-order chi connectivity index (χ0) is 13.1. The largest absolute Gasteiger partial charge is 0.393 e. The molecule has 0 aliphatic heterocycles. The van der Waals surface area contributed by atoms with E-state index in [1.807, 2.05) is 0 Å². The lowest BCUT2D eigenvalue weighted by atomic mass is 9.76. The molecule has 0 aromatic carbocycles. The van der Waals surface area contributed by atoms with Gasteiger partial charge in [-0.2, -0.15) is 0 Å². The van der Waals surface area contributed by atoms with Crippen LogP contribution in [0.15, 0.2) is 0 Å². The first-order valence-electron chi connectivity index (χ1n) is 6.19. The fraction of sp³-hybridized carbons (Fsp3) is 0.917. The fourth-order valence-electron chi connectivity index (χ4n) is 2.30. The topological polar surface area (TPSA) is 95.6 Å². The second-order valence-corrected chi connectivity index (χ2v) is 5.70. The van der Waals surface area contributed by atoms with Crippen molar-refractivity contribution >= 4 is 5.91 Å². The summed E-state index contributed by atoms with van der Waals surface area (Å²) in [5.41, 5.74) is 4.01. The van der Waals surface area contributed by atoms with Crippen molar-refractivity contribution in [2.75, 3.05) is 13.2 Å². The molecule has 0 aromatic heterocycles. The number of aliphatic hydroxyl groups is 2. The summed E-state index contributed by atoms with van der Waals surface area (Å²) < 4.78 is 0. The van der Waals surface area contributed by atoms with Gasteiger partial charge < -0.3 is 21.3 Å². The van der Waals surface area contributed by atoms with E-state index in [1.54, 1.807) is 0 Å². The fourth-order valence-corrected chi connectivity index (χ4v) is 2.30. The Balaban J connectivity index is 2.51. The van der Waals surface area contributed by atoms with Crippen molar-refractivity contribution in [3.63, 3.8) is 0 Å². The number of amides is 1. The molecule has 0 saturated heterocycles. The van der Waals surface area contributed by atoms with Crippen LogP contribution < -0.4 is 11.1 Å². The maximum atomic E-state index is 12.0. The van der Waals surface area contributed by atoms with Crippen molar-refractivity contribution in [3.8, 4) is 0 Å². The number of carbonyl (C=O) groups excluding carboxylic acids is 1. The van der Waals surface area contributed by atoms with E-state index in [4.69, 9.17) is 10.8 Å². The Morgan fingerprint density at radius 2 is 2.29 bits per heavy atom. The normalized spacial score (nSPS) is 32.9. The van der Waals surface area contributed by atoms with Crippen LogP contribution in [-0.4, -0.2) is 40.4 Å². The number of hydrogen-bond donors (Lipinski definition) is 4. The summed E-state index contributed by atoms with van der Waals surface area (Å²) in [6.07, 6.45) is 3.44. The first kappa shape index (κ1) is 14.4. The van der Waals surface area contributed by atoms with E-state index in [-0.39, 0.29) is 19.1 Å². The van der Waals surface area contributed by atoms with E-state index >= 15 is 0 Å². The molecule has 5 N–H and O–H groups in total. The van der Waals surface area contributed by atoms with Gasteiger partial charge in [-0.3, -0.25) is 4.79 Å². The molecule has 0 spiro atoms. The highest BCUT2D eigenvalue weighted by Gasteiger charge is 2.38. The lowest BCUT2D eigenvalue weighted by Gasteiger charge is -2.36. The average Bonchev–Trinajstić information content (AvgIpc) is 2.25. The van der Waals surface area contributed by atoms with E-state index < -0.39 is 11.1 Å². The standard InChI is InChI=1S/C12H24N2O3/c1-9-4-3-5-12(13,6-9)10(16)14-7-11(2,17)8-15/h9,15,17H,3-8,13H2,1-2H3,(H,14,16). The molecule has 5 heteroatoms. The Bertz CT molecular complexity index is 281. The van der Waals surface area contributed by atoms with Crippen molar-refractivity contribution in [3.05, 3.63) is 0 Å². The SMILES string of the molecule is CC1CCCC(N)(C(=O)NCC(C)(O)CO)C1. The molecule has 3 unspecified atom stereocenters. The molecule has 1 fully saturated rings. The van der Waals surface area contributed by atoms with Crippen LogP contribution in [0.3, 0.4) is 0 Å². The van der Waals surface area contributed by atoms with Gasteiger partial charge in [0.1, 0.15) is 5.60 Å². The second kappa shape index (κ2) is 5.33. The molecule has 0 aromatic rings. The van der Waals surface area contributed by atoms with Gasteiger partial charge in [-0.1, -0.05) is 19.8 Å². The summed E-state index contributed by atoms with van der Waals surface area (Å²) in [6, 6.07) is 0. The maximum absolute atomic E-state index is 12.0. The van der Waals surface area contributed by atoms with Gasteiger partial charge in [-0.25, -0.2) is 0 Å². The molecule has 1 saturated carbocycles. The van der Waals surface area contributed by atoms with Crippen LogP contribution in [0, 0.1) is 5.92 Å². The minimum Gasteiger partial charge on any atom is -0.393 e. The molecule has 1 amide bonds. The van der Waals surface area contributed by atoms with Gasteiger partial charge in [0.2, 0.25) is 5.91 Å². The Hall–Kier alpha value is -0.650. The quantitative estimate of drug-likeness (QED) is 0.548. The van der Waals surface area contributed by atoms with Crippen LogP contribution in [0.2, 0.25) is 0 Å². The number of carbonyl (C=O) groups is 1. The summed E-state index contributed by atoms with van der Waals surface area (Å²) in [7, 11) is 0. The second-order valence-electron chi connectivity index (χ2n) is 5.70. The number of aliphatic hydroxyl groups excluding tert-OH is 1. The zero-order valence-corrected chi connectivity index (χ0v) is 10.7. The van der Waals surface area contributed by atoms with Crippen LogP contribution in [0.25, 0.3) is 0 Å². The molecular formula is C12H24N2O3.